The molecule has 142 valence electrons. The zero-order valence-electron chi connectivity index (χ0n) is 14.9. The Morgan fingerprint density at radius 1 is 1.22 bits per heavy atom. The van der Waals surface area contributed by atoms with Gasteiger partial charge in [0.1, 0.15) is 0 Å². The Balaban J connectivity index is 1.91. The van der Waals surface area contributed by atoms with Gasteiger partial charge in [0.2, 0.25) is 11.8 Å². The van der Waals surface area contributed by atoms with Gasteiger partial charge in [-0.2, -0.15) is 0 Å². The molecule has 2 atom stereocenters. The summed E-state index contributed by atoms with van der Waals surface area (Å²) >= 11 is 0. The third-order valence-electron chi connectivity index (χ3n) is 5.99. The number of nitrogens with one attached hydrogen (secondary N) is 1. The SMILES string of the molecule is CN1C(=O)NC(=O)[C@]2(Cc3cc([N+](=O)[O-])ccc3N3CCCCC[C@H]32)C1=O. The lowest BCUT2D eigenvalue weighted by molar-refractivity contribution is -0.384. The van der Waals surface area contributed by atoms with Crippen LogP contribution < -0.4 is 10.2 Å². The number of nitro benzene ring substituents is 1. The predicted molar refractivity (Wildman–Crippen MR) is 95.1 cm³/mol. The maximum Gasteiger partial charge on any atom is 0.330 e. The molecule has 1 aromatic carbocycles. The lowest BCUT2D eigenvalue weighted by atomic mass is 9.67. The van der Waals surface area contributed by atoms with Crippen LogP contribution in [0.1, 0.15) is 31.2 Å². The molecule has 0 radical (unpaired) electrons. The molecule has 0 saturated carbocycles. The average molecular weight is 372 g/mol. The fourth-order valence-electron chi connectivity index (χ4n) is 4.67. The molecule has 2 saturated heterocycles. The number of hydrogen-bond donors (Lipinski definition) is 1. The van der Waals surface area contributed by atoms with E-state index >= 15 is 0 Å². The lowest BCUT2D eigenvalue weighted by Gasteiger charge is -2.51. The Hall–Kier alpha value is -2.97. The number of anilines is 1. The van der Waals surface area contributed by atoms with Crippen molar-refractivity contribution >= 4 is 29.2 Å². The van der Waals surface area contributed by atoms with Crippen molar-refractivity contribution in [2.24, 2.45) is 5.41 Å². The van der Waals surface area contributed by atoms with Crippen molar-refractivity contribution in [2.45, 2.75) is 38.1 Å². The topological polar surface area (TPSA) is 113 Å². The molecule has 4 amide bonds. The van der Waals surface area contributed by atoms with E-state index in [9.17, 15) is 24.5 Å². The summed E-state index contributed by atoms with van der Waals surface area (Å²) in [5.41, 5.74) is -0.105. The highest BCUT2D eigenvalue weighted by molar-refractivity contribution is 6.20. The van der Waals surface area contributed by atoms with Gasteiger partial charge in [0.15, 0.2) is 5.41 Å². The molecule has 27 heavy (non-hydrogen) atoms. The average Bonchev–Trinajstić information content (AvgIpc) is 2.90. The van der Waals surface area contributed by atoms with Gasteiger partial charge in [0, 0.05) is 37.8 Å². The van der Waals surface area contributed by atoms with E-state index in [1.165, 1.54) is 19.2 Å². The fourth-order valence-corrected chi connectivity index (χ4v) is 4.67. The Morgan fingerprint density at radius 3 is 2.74 bits per heavy atom. The fraction of sp³-hybridized carbons (Fsp3) is 0.500. The van der Waals surface area contributed by atoms with Crippen LogP contribution in [-0.2, 0) is 16.0 Å². The molecule has 0 unspecified atom stereocenters. The number of carbonyl (C=O) groups is 3. The number of non-ortho nitro benzene ring substituents is 1. The van der Waals surface area contributed by atoms with E-state index < -0.39 is 28.2 Å². The second-order valence-electron chi connectivity index (χ2n) is 7.40. The Labute approximate surface area is 155 Å². The van der Waals surface area contributed by atoms with Crippen LogP contribution in [0.25, 0.3) is 0 Å². The molecule has 2 fully saturated rings. The largest absolute Gasteiger partial charge is 0.367 e. The van der Waals surface area contributed by atoms with E-state index in [0.717, 1.165) is 29.8 Å². The van der Waals surface area contributed by atoms with E-state index in [2.05, 4.69) is 5.32 Å². The summed E-state index contributed by atoms with van der Waals surface area (Å²) in [5, 5.41) is 13.5. The molecule has 0 aromatic heterocycles. The van der Waals surface area contributed by atoms with Gasteiger partial charge in [-0.25, -0.2) is 4.79 Å². The molecule has 3 heterocycles. The number of carbonyl (C=O) groups excluding carboxylic acids is 3. The first-order chi connectivity index (χ1) is 12.9. The van der Waals surface area contributed by atoms with Crippen LogP contribution in [0, 0.1) is 15.5 Å². The molecule has 1 spiro atoms. The van der Waals surface area contributed by atoms with Crippen molar-refractivity contribution in [1.82, 2.24) is 10.2 Å². The molecule has 1 N–H and O–H groups in total. The Bertz CT molecular complexity index is 869. The number of hydrogen-bond acceptors (Lipinski definition) is 6. The zero-order chi connectivity index (χ0) is 19.3. The van der Waals surface area contributed by atoms with Crippen LogP contribution in [0.5, 0.6) is 0 Å². The molecule has 4 rings (SSSR count). The summed E-state index contributed by atoms with van der Waals surface area (Å²) in [6.07, 6.45) is 3.47. The van der Waals surface area contributed by atoms with E-state index in [1.807, 2.05) is 4.90 Å². The number of benzene rings is 1. The number of nitro groups is 1. The summed E-state index contributed by atoms with van der Waals surface area (Å²) in [4.78, 5) is 51.8. The van der Waals surface area contributed by atoms with Crippen LogP contribution in [0.4, 0.5) is 16.2 Å². The van der Waals surface area contributed by atoms with Crippen molar-refractivity contribution in [3.8, 4) is 0 Å². The number of nitrogens with zero attached hydrogens (tertiary/aromatic N) is 3. The van der Waals surface area contributed by atoms with Gasteiger partial charge < -0.3 is 4.90 Å². The zero-order valence-corrected chi connectivity index (χ0v) is 14.9. The highest BCUT2D eigenvalue weighted by atomic mass is 16.6. The Morgan fingerprint density at radius 2 is 2.00 bits per heavy atom. The number of imide groups is 2. The highest BCUT2D eigenvalue weighted by Gasteiger charge is 2.61. The van der Waals surface area contributed by atoms with Crippen molar-refractivity contribution in [3.05, 3.63) is 33.9 Å². The molecule has 0 aliphatic carbocycles. The summed E-state index contributed by atoms with van der Waals surface area (Å²) in [6.45, 7) is 0.662. The van der Waals surface area contributed by atoms with Gasteiger partial charge in [-0.1, -0.05) is 12.8 Å². The summed E-state index contributed by atoms with van der Waals surface area (Å²) in [5.74, 6) is -1.14. The molecule has 1 aromatic rings. The lowest BCUT2D eigenvalue weighted by Crippen LogP contribution is -2.71. The monoisotopic (exact) mass is 372 g/mol. The molecular weight excluding hydrogens is 352 g/mol. The van der Waals surface area contributed by atoms with Crippen molar-refractivity contribution < 1.29 is 19.3 Å². The third-order valence-corrected chi connectivity index (χ3v) is 5.99. The van der Waals surface area contributed by atoms with Crippen LogP contribution >= 0.6 is 0 Å². The number of barbiturate groups is 1. The van der Waals surface area contributed by atoms with E-state index in [1.54, 1.807) is 6.07 Å². The predicted octanol–water partition coefficient (Wildman–Crippen LogP) is 1.59. The molecule has 0 bridgehead atoms. The second-order valence-corrected chi connectivity index (χ2v) is 7.40. The minimum absolute atomic E-state index is 0.0491. The quantitative estimate of drug-likeness (QED) is 0.455. The highest BCUT2D eigenvalue weighted by Crippen LogP contribution is 2.47. The van der Waals surface area contributed by atoms with E-state index in [4.69, 9.17) is 0 Å². The van der Waals surface area contributed by atoms with Gasteiger partial charge in [-0.05, 0) is 24.5 Å². The van der Waals surface area contributed by atoms with Crippen molar-refractivity contribution in [2.75, 3.05) is 18.5 Å². The van der Waals surface area contributed by atoms with Gasteiger partial charge in [-0.3, -0.25) is 29.9 Å². The first-order valence-electron chi connectivity index (χ1n) is 9.04. The number of rotatable bonds is 1. The number of fused-ring (bicyclic) bond motifs is 4. The second kappa shape index (κ2) is 6.04. The van der Waals surface area contributed by atoms with E-state index in [0.29, 0.717) is 18.5 Å². The van der Waals surface area contributed by atoms with Gasteiger partial charge in [-0.15, -0.1) is 0 Å². The molecule has 3 aliphatic heterocycles. The Kier molecular flexibility index (Phi) is 3.90. The minimum atomic E-state index is -1.45. The number of urea groups is 1. The van der Waals surface area contributed by atoms with Crippen molar-refractivity contribution in [1.29, 1.82) is 0 Å². The normalized spacial score (nSPS) is 27.7. The minimum Gasteiger partial charge on any atom is -0.367 e. The van der Waals surface area contributed by atoms with Gasteiger partial charge in [0.25, 0.3) is 5.69 Å². The first-order valence-corrected chi connectivity index (χ1v) is 9.04. The van der Waals surface area contributed by atoms with Crippen LogP contribution in [-0.4, -0.2) is 47.3 Å². The van der Waals surface area contributed by atoms with E-state index in [-0.39, 0.29) is 18.2 Å². The third kappa shape index (κ3) is 2.41. The number of amides is 4. The maximum absolute atomic E-state index is 13.2. The standard InChI is InChI=1S/C18H20N4O5/c1-20-16(24)18(15(23)19-17(20)25)10-11-9-12(22(26)27)6-7-13(11)21-8-4-2-3-5-14(18)21/h6-7,9,14H,2-5,8,10H2,1H3,(H,19,23,25)/t14-,18+/m0/s1. The smallest absolute Gasteiger partial charge is 0.330 e. The first kappa shape index (κ1) is 17.4. The molecule has 9 heteroatoms. The van der Waals surface area contributed by atoms with Crippen LogP contribution in [0.2, 0.25) is 0 Å². The van der Waals surface area contributed by atoms with Gasteiger partial charge >= 0.3 is 6.03 Å². The summed E-state index contributed by atoms with van der Waals surface area (Å²) in [6, 6.07) is 3.49. The molecule has 3 aliphatic rings. The van der Waals surface area contributed by atoms with Gasteiger partial charge in [0.05, 0.1) is 11.0 Å². The molecular formula is C18H20N4O5. The van der Waals surface area contributed by atoms with Crippen molar-refractivity contribution in [3.63, 3.8) is 0 Å². The van der Waals surface area contributed by atoms with Crippen LogP contribution in [0.3, 0.4) is 0 Å². The molecule has 9 nitrogen and oxygen atoms in total. The maximum atomic E-state index is 13.2. The summed E-state index contributed by atoms with van der Waals surface area (Å²) < 4.78 is 0. The summed E-state index contributed by atoms with van der Waals surface area (Å²) in [7, 11) is 1.36. The van der Waals surface area contributed by atoms with Crippen LogP contribution in [0.15, 0.2) is 18.2 Å².